The van der Waals surface area contributed by atoms with Gasteiger partial charge in [-0.25, -0.2) is 0 Å². The monoisotopic (exact) mass is 155 g/mol. The Hall–Kier alpha value is -0.860. The van der Waals surface area contributed by atoms with Gasteiger partial charge in [-0.15, -0.1) is 0 Å². The van der Waals surface area contributed by atoms with Crippen molar-refractivity contribution in [1.29, 1.82) is 0 Å². The van der Waals surface area contributed by atoms with Crippen LogP contribution in [-0.2, 0) is 4.79 Å². The molecule has 11 heavy (non-hydrogen) atoms. The maximum atomic E-state index is 10.5. The molecule has 0 aromatic rings. The van der Waals surface area contributed by atoms with Gasteiger partial charge in [0, 0.05) is 6.04 Å². The van der Waals surface area contributed by atoms with Gasteiger partial charge in [0.2, 0.25) is 0 Å². The lowest BCUT2D eigenvalue weighted by molar-refractivity contribution is -0.142. The van der Waals surface area contributed by atoms with Gasteiger partial charge in [0.05, 0.1) is 5.92 Å². The zero-order valence-electron chi connectivity index (χ0n) is 6.49. The van der Waals surface area contributed by atoms with Crippen LogP contribution in [0.2, 0.25) is 0 Å². The van der Waals surface area contributed by atoms with Crippen LogP contribution in [0.4, 0.5) is 0 Å². The first kappa shape index (κ1) is 8.24. The van der Waals surface area contributed by atoms with Crippen LogP contribution < -0.4 is 0 Å². The molecule has 0 saturated heterocycles. The molecule has 3 nitrogen and oxygen atoms in total. The molecule has 0 amide bonds. The van der Waals surface area contributed by atoms with Crippen molar-refractivity contribution >= 4 is 12.7 Å². The van der Waals surface area contributed by atoms with E-state index in [0.29, 0.717) is 6.04 Å². The highest BCUT2D eigenvalue weighted by atomic mass is 16.4. The van der Waals surface area contributed by atoms with E-state index in [-0.39, 0.29) is 5.92 Å². The van der Waals surface area contributed by atoms with Crippen LogP contribution in [0.3, 0.4) is 0 Å². The van der Waals surface area contributed by atoms with Crippen molar-refractivity contribution in [3.8, 4) is 0 Å². The fourth-order valence-electron chi connectivity index (χ4n) is 1.51. The van der Waals surface area contributed by atoms with E-state index in [1.807, 2.05) is 0 Å². The first-order valence-corrected chi connectivity index (χ1v) is 3.92. The molecule has 1 aliphatic rings. The van der Waals surface area contributed by atoms with Crippen molar-refractivity contribution in [3.05, 3.63) is 0 Å². The molecule has 1 rings (SSSR count). The molecule has 3 heteroatoms. The molecule has 1 fully saturated rings. The smallest absolute Gasteiger partial charge is 0.306 e. The predicted molar refractivity (Wildman–Crippen MR) is 42.9 cm³/mol. The van der Waals surface area contributed by atoms with E-state index < -0.39 is 5.97 Å². The number of nitrogens with zero attached hydrogens (tertiary/aromatic N) is 1. The third kappa shape index (κ3) is 2.03. The van der Waals surface area contributed by atoms with E-state index >= 15 is 0 Å². The number of hydrogen-bond donors (Lipinski definition) is 1. The van der Waals surface area contributed by atoms with Crippen molar-refractivity contribution < 1.29 is 9.90 Å². The Morgan fingerprint density at radius 3 is 2.27 bits per heavy atom. The van der Waals surface area contributed by atoms with Gasteiger partial charge in [-0.3, -0.25) is 9.79 Å². The zero-order chi connectivity index (χ0) is 8.27. The maximum Gasteiger partial charge on any atom is 0.306 e. The summed E-state index contributed by atoms with van der Waals surface area (Å²) in [5, 5.41) is 8.65. The van der Waals surface area contributed by atoms with Gasteiger partial charge in [0.1, 0.15) is 0 Å². The summed E-state index contributed by atoms with van der Waals surface area (Å²) in [5.74, 6) is -0.791. The Kier molecular flexibility index (Phi) is 2.63. The third-order valence-electron chi connectivity index (χ3n) is 2.30. The largest absolute Gasteiger partial charge is 0.481 e. The second-order valence-electron chi connectivity index (χ2n) is 3.03. The van der Waals surface area contributed by atoms with E-state index in [1.165, 1.54) is 0 Å². The number of aliphatic imine (C=N–C) groups is 1. The number of carboxylic acids is 1. The molecule has 0 aromatic heterocycles. The molecule has 0 unspecified atom stereocenters. The standard InChI is InChI=1S/C8H13NO2/c1-9-7-4-2-6(3-5-7)8(10)11/h6-7H,1-5H2,(H,10,11). The number of hydrogen-bond acceptors (Lipinski definition) is 2. The predicted octanol–water partition coefficient (Wildman–Crippen LogP) is 1.33. The first-order valence-electron chi connectivity index (χ1n) is 3.92. The normalized spacial score (nSPS) is 31.3. The van der Waals surface area contributed by atoms with Crippen LogP contribution in [0.1, 0.15) is 25.7 Å². The van der Waals surface area contributed by atoms with Crippen LogP contribution in [0.5, 0.6) is 0 Å². The molecule has 0 spiro atoms. The van der Waals surface area contributed by atoms with Gasteiger partial charge in [-0.05, 0) is 32.4 Å². The first-order chi connectivity index (χ1) is 5.24. The summed E-state index contributed by atoms with van der Waals surface area (Å²) in [4.78, 5) is 14.4. The minimum atomic E-state index is -0.660. The fraction of sp³-hybridized carbons (Fsp3) is 0.750. The molecular formula is C8H13NO2. The van der Waals surface area contributed by atoms with E-state index in [1.54, 1.807) is 0 Å². The molecule has 0 aromatic carbocycles. The number of carbonyl (C=O) groups is 1. The summed E-state index contributed by atoms with van der Waals surface area (Å²) in [6.07, 6.45) is 3.30. The lowest BCUT2D eigenvalue weighted by Gasteiger charge is -2.22. The molecular weight excluding hydrogens is 142 g/mol. The molecule has 0 aliphatic heterocycles. The van der Waals surface area contributed by atoms with Gasteiger partial charge in [0.15, 0.2) is 0 Å². The van der Waals surface area contributed by atoms with Crippen LogP contribution >= 0.6 is 0 Å². The average molecular weight is 155 g/mol. The molecule has 0 radical (unpaired) electrons. The highest BCUT2D eigenvalue weighted by Gasteiger charge is 2.24. The highest BCUT2D eigenvalue weighted by Crippen LogP contribution is 2.25. The number of rotatable bonds is 2. The minimum Gasteiger partial charge on any atom is -0.481 e. The van der Waals surface area contributed by atoms with E-state index in [2.05, 4.69) is 11.7 Å². The maximum absolute atomic E-state index is 10.5. The molecule has 0 atom stereocenters. The SMILES string of the molecule is C=NC1CCC(C(=O)O)CC1. The summed E-state index contributed by atoms with van der Waals surface area (Å²) >= 11 is 0. The van der Waals surface area contributed by atoms with Crippen molar-refractivity contribution in [2.45, 2.75) is 31.7 Å². The summed E-state index contributed by atoms with van der Waals surface area (Å²) in [6.45, 7) is 3.46. The minimum absolute atomic E-state index is 0.131. The van der Waals surface area contributed by atoms with Crippen LogP contribution in [-0.4, -0.2) is 23.8 Å². The summed E-state index contributed by atoms with van der Waals surface area (Å²) in [6, 6.07) is 0.311. The van der Waals surface area contributed by atoms with E-state index in [4.69, 9.17) is 5.11 Å². The highest BCUT2D eigenvalue weighted by molar-refractivity contribution is 5.70. The summed E-state index contributed by atoms with van der Waals surface area (Å²) in [7, 11) is 0. The zero-order valence-corrected chi connectivity index (χ0v) is 6.49. The Labute approximate surface area is 66.1 Å². The Morgan fingerprint density at radius 2 is 1.91 bits per heavy atom. The lowest BCUT2D eigenvalue weighted by Crippen LogP contribution is -2.22. The van der Waals surface area contributed by atoms with Gasteiger partial charge in [-0.2, -0.15) is 0 Å². The topological polar surface area (TPSA) is 49.7 Å². The van der Waals surface area contributed by atoms with Crippen LogP contribution in [0.15, 0.2) is 4.99 Å². The van der Waals surface area contributed by atoms with Gasteiger partial charge in [0.25, 0.3) is 0 Å². The number of carboxylic acid groups (broad SMARTS) is 1. The third-order valence-corrected chi connectivity index (χ3v) is 2.30. The quantitative estimate of drug-likeness (QED) is 0.611. The van der Waals surface area contributed by atoms with Gasteiger partial charge in [-0.1, -0.05) is 0 Å². The molecule has 1 saturated carbocycles. The summed E-state index contributed by atoms with van der Waals surface area (Å²) in [5.41, 5.74) is 0. The van der Waals surface area contributed by atoms with Crippen molar-refractivity contribution in [2.24, 2.45) is 10.9 Å². The fourth-order valence-corrected chi connectivity index (χ4v) is 1.51. The molecule has 0 heterocycles. The van der Waals surface area contributed by atoms with Gasteiger partial charge >= 0.3 is 5.97 Å². The Morgan fingerprint density at radius 1 is 1.36 bits per heavy atom. The van der Waals surface area contributed by atoms with Crippen molar-refractivity contribution in [1.82, 2.24) is 0 Å². The Bertz CT molecular complexity index is 159. The van der Waals surface area contributed by atoms with E-state index in [0.717, 1.165) is 25.7 Å². The van der Waals surface area contributed by atoms with Crippen molar-refractivity contribution in [2.75, 3.05) is 0 Å². The van der Waals surface area contributed by atoms with Crippen LogP contribution in [0, 0.1) is 5.92 Å². The van der Waals surface area contributed by atoms with Crippen LogP contribution in [0.25, 0.3) is 0 Å². The lowest BCUT2D eigenvalue weighted by atomic mass is 9.86. The number of aliphatic carboxylic acids is 1. The van der Waals surface area contributed by atoms with Crippen molar-refractivity contribution in [3.63, 3.8) is 0 Å². The Balaban J connectivity index is 2.35. The molecule has 62 valence electrons. The van der Waals surface area contributed by atoms with E-state index in [9.17, 15) is 4.79 Å². The second-order valence-corrected chi connectivity index (χ2v) is 3.03. The second kappa shape index (κ2) is 3.51. The average Bonchev–Trinajstić information content (AvgIpc) is 2.05. The molecule has 0 bridgehead atoms. The molecule has 1 aliphatic carbocycles. The van der Waals surface area contributed by atoms with Gasteiger partial charge < -0.3 is 5.11 Å². The molecule has 1 N–H and O–H groups in total. The summed E-state index contributed by atoms with van der Waals surface area (Å²) < 4.78 is 0.